The molecule has 23 heavy (non-hydrogen) atoms. The number of amides is 1. The molecule has 0 heterocycles. The number of carbonyl (C=O) groups excluding carboxylic acids is 2. The number of hydrogen-bond donors (Lipinski definition) is 1. The van der Waals surface area contributed by atoms with Gasteiger partial charge in [-0.3, -0.25) is 4.79 Å². The average Bonchev–Trinajstić information content (AvgIpc) is 3.41. The molecular weight excluding hydrogens is 290 g/mol. The minimum Gasteiger partial charge on any atom is -0.462 e. The maximum Gasteiger partial charge on any atom is 0.338 e. The number of hydrogen-bond acceptors (Lipinski definition) is 3. The lowest BCUT2D eigenvalue weighted by molar-refractivity contribution is -0.117. The highest BCUT2D eigenvalue weighted by atomic mass is 16.5. The van der Waals surface area contributed by atoms with Crippen LogP contribution < -0.4 is 5.32 Å². The Bertz CT molecular complexity index is 676. The first-order valence-corrected chi connectivity index (χ1v) is 7.84. The van der Waals surface area contributed by atoms with Crippen molar-refractivity contribution >= 4 is 17.6 Å². The standard InChI is InChI=1S/C19H19NO3/c21-18(15-6-7-15)20-17-10-8-16(9-11-17)19(22)23-13-12-14-4-2-1-3-5-14/h1-5,8-11,15H,6-7,12-13H2,(H,20,21). The van der Waals surface area contributed by atoms with Crippen LogP contribution in [0.2, 0.25) is 0 Å². The quantitative estimate of drug-likeness (QED) is 0.832. The highest BCUT2D eigenvalue weighted by molar-refractivity contribution is 5.95. The molecule has 1 aliphatic rings. The van der Waals surface area contributed by atoms with Crippen molar-refractivity contribution in [3.05, 3.63) is 65.7 Å². The molecule has 2 aromatic rings. The van der Waals surface area contributed by atoms with E-state index in [9.17, 15) is 9.59 Å². The third-order valence-corrected chi connectivity index (χ3v) is 3.80. The molecule has 0 saturated heterocycles. The number of esters is 1. The Morgan fingerprint density at radius 1 is 1.00 bits per heavy atom. The Morgan fingerprint density at radius 2 is 1.70 bits per heavy atom. The Labute approximate surface area is 135 Å². The molecule has 3 rings (SSSR count). The fraction of sp³-hybridized carbons (Fsp3) is 0.263. The molecule has 0 bridgehead atoms. The molecule has 0 atom stereocenters. The molecule has 1 amide bonds. The summed E-state index contributed by atoms with van der Waals surface area (Å²) >= 11 is 0. The van der Waals surface area contributed by atoms with Gasteiger partial charge in [-0.25, -0.2) is 4.79 Å². The SMILES string of the molecule is O=C(OCCc1ccccc1)c1ccc(NC(=O)C2CC2)cc1. The maximum absolute atomic E-state index is 12.0. The molecule has 4 nitrogen and oxygen atoms in total. The fourth-order valence-electron chi connectivity index (χ4n) is 2.27. The summed E-state index contributed by atoms with van der Waals surface area (Å²) in [6.45, 7) is 0.350. The Balaban J connectivity index is 1.48. The van der Waals surface area contributed by atoms with Gasteiger partial charge < -0.3 is 10.1 Å². The summed E-state index contributed by atoms with van der Waals surface area (Å²) in [5, 5.41) is 2.84. The molecule has 4 heteroatoms. The van der Waals surface area contributed by atoms with Crippen LogP contribution in [0, 0.1) is 5.92 Å². The zero-order valence-electron chi connectivity index (χ0n) is 12.8. The number of ether oxygens (including phenoxy) is 1. The molecule has 1 aliphatic carbocycles. The van der Waals surface area contributed by atoms with Crippen molar-refractivity contribution in [2.45, 2.75) is 19.3 Å². The average molecular weight is 309 g/mol. The van der Waals surface area contributed by atoms with Crippen molar-refractivity contribution in [1.82, 2.24) is 0 Å². The molecular formula is C19H19NO3. The summed E-state index contributed by atoms with van der Waals surface area (Å²) in [5.41, 5.74) is 2.34. The zero-order valence-corrected chi connectivity index (χ0v) is 12.8. The van der Waals surface area contributed by atoms with Crippen LogP contribution in [0.15, 0.2) is 54.6 Å². The van der Waals surface area contributed by atoms with Crippen molar-refractivity contribution < 1.29 is 14.3 Å². The molecule has 1 fully saturated rings. The van der Waals surface area contributed by atoms with E-state index in [1.165, 1.54) is 0 Å². The smallest absolute Gasteiger partial charge is 0.338 e. The van der Waals surface area contributed by atoms with E-state index in [2.05, 4.69) is 5.32 Å². The number of benzene rings is 2. The summed E-state index contributed by atoms with van der Waals surface area (Å²) in [4.78, 5) is 23.6. The minimum absolute atomic E-state index is 0.0585. The maximum atomic E-state index is 12.0. The second-order valence-corrected chi connectivity index (χ2v) is 5.71. The molecule has 1 N–H and O–H groups in total. The summed E-state index contributed by atoms with van der Waals surface area (Å²) in [6.07, 6.45) is 2.64. The van der Waals surface area contributed by atoms with E-state index in [1.807, 2.05) is 30.3 Å². The van der Waals surface area contributed by atoms with Crippen molar-refractivity contribution in [3.8, 4) is 0 Å². The van der Waals surface area contributed by atoms with Crippen molar-refractivity contribution in [1.29, 1.82) is 0 Å². The lowest BCUT2D eigenvalue weighted by Gasteiger charge is -2.07. The molecule has 2 aromatic carbocycles. The Hall–Kier alpha value is -2.62. The van der Waals surface area contributed by atoms with Gasteiger partial charge in [-0.1, -0.05) is 30.3 Å². The van der Waals surface area contributed by atoms with Crippen LogP contribution in [0.25, 0.3) is 0 Å². The molecule has 1 saturated carbocycles. The van der Waals surface area contributed by atoms with Crippen LogP contribution in [0.3, 0.4) is 0 Å². The van der Waals surface area contributed by atoms with Gasteiger partial charge in [0.2, 0.25) is 5.91 Å². The van der Waals surface area contributed by atoms with E-state index in [0.717, 1.165) is 18.4 Å². The highest BCUT2D eigenvalue weighted by Gasteiger charge is 2.29. The monoisotopic (exact) mass is 309 g/mol. The van der Waals surface area contributed by atoms with Crippen LogP contribution in [0.5, 0.6) is 0 Å². The number of rotatable bonds is 6. The summed E-state index contributed by atoms with van der Waals surface area (Å²) in [7, 11) is 0. The molecule has 0 aromatic heterocycles. The van der Waals surface area contributed by atoms with Gasteiger partial charge in [0.05, 0.1) is 12.2 Å². The van der Waals surface area contributed by atoms with Gasteiger partial charge in [-0.15, -0.1) is 0 Å². The van der Waals surface area contributed by atoms with Gasteiger partial charge in [0.1, 0.15) is 0 Å². The van der Waals surface area contributed by atoms with E-state index in [0.29, 0.717) is 24.3 Å². The lowest BCUT2D eigenvalue weighted by Crippen LogP contribution is -2.13. The van der Waals surface area contributed by atoms with Gasteiger partial charge in [-0.2, -0.15) is 0 Å². The van der Waals surface area contributed by atoms with Gasteiger partial charge in [0.15, 0.2) is 0 Å². The number of anilines is 1. The first kappa shape index (κ1) is 15.3. The number of carbonyl (C=O) groups is 2. The zero-order chi connectivity index (χ0) is 16.1. The first-order valence-electron chi connectivity index (χ1n) is 7.84. The third-order valence-electron chi connectivity index (χ3n) is 3.80. The lowest BCUT2D eigenvalue weighted by atomic mass is 10.2. The molecule has 0 spiro atoms. The topological polar surface area (TPSA) is 55.4 Å². The van der Waals surface area contributed by atoms with E-state index in [-0.39, 0.29) is 17.8 Å². The highest BCUT2D eigenvalue weighted by Crippen LogP contribution is 2.30. The van der Waals surface area contributed by atoms with Crippen LogP contribution in [-0.2, 0) is 16.0 Å². The van der Waals surface area contributed by atoms with E-state index in [1.54, 1.807) is 24.3 Å². The fourth-order valence-corrected chi connectivity index (χ4v) is 2.27. The van der Waals surface area contributed by atoms with Crippen LogP contribution in [0.4, 0.5) is 5.69 Å². The summed E-state index contributed by atoms with van der Waals surface area (Å²) < 4.78 is 5.27. The predicted octanol–water partition coefficient (Wildman–Crippen LogP) is 3.43. The second-order valence-electron chi connectivity index (χ2n) is 5.71. The van der Waals surface area contributed by atoms with Crippen molar-refractivity contribution in [3.63, 3.8) is 0 Å². The predicted molar refractivity (Wildman–Crippen MR) is 88.2 cm³/mol. The minimum atomic E-state index is -0.346. The molecule has 0 radical (unpaired) electrons. The summed E-state index contributed by atoms with van der Waals surface area (Å²) in [6, 6.07) is 16.7. The van der Waals surface area contributed by atoms with Gasteiger partial charge in [0, 0.05) is 18.0 Å². The van der Waals surface area contributed by atoms with Crippen LogP contribution in [-0.4, -0.2) is 18.5 Å². The van der Waals surface area contributed by atoms with Crippen molar-refractivity contribution in [2.75, 3.05) is 11.9 Å². The normalized spacial score (nSPS) is 13.4. The third kappa shape index (κ3) is 4.42. The van der Waals surface area contributed by atoms with E-state index in [4.69, 9.17) is 4.74 Å². The van der Waals surface area contributed by atoms with Gasteiger partial charge in [-0.05, 0) is 42.7 Å². The largest absolute Gasteiger partial charge is 0.462 e. The second kappa shape index (κ2) is 7.09. The molecule has 0 unspecified atom stereocenters. The van der Waals surface area contributed by atoms with E-state index >= 15 is 0 Å². The summed E-state index contributed by atoms with van der Waals surface area (Å²) in [5.74, 6) is -0.123. The van der Waals surface area contributed by atoms with Crippen LogP contribution >= 0.6 is 0 Å². The molecule has 118 valence electrons. The Kier molecular flexibility index (Phi) is 4.71. The van der Waals surface area contributed by atoms with Gasteiger partial charge in [0.25, 0.3) is 0 Å². The first-order chi connectivity index (χ1) is 11.2. The number of nitrogens with one attached hydrogen (secondary N) is 1. The Morgan fingerprint density at radius 3 is 2.35 bits per heavy atom. The van der Waals surface area contributed by atoms with Gasteiger partial charge >= 0.3 is 5.97 Å². The van der Waals surface area contributed by atoms with E-state index < -0.39 is 0 Å². The molecule has 0 aliphatic heterocycles. The van der Waals surface area contributed by atoms with Crippen LogP contribution in [0.1, 0.15) is 28.8 Å². The van der Waals surface area contributed by atoms with Crippen molar-refractivity contribution in [2.24, 2.45) is 5.92 Å².